The molecule has 0 unspecified atom stereocenters. The van der Waals surface area contributed by atoms with Gasteiger partial charge in [-0.2, -0.15) is 0 Å². The molecule has 0 aliphatic heterocycles. The van der Waals surface area contributed by atoms with Crippen LogP contribution in [0.25, 0.3) is 0 Å². The summed E-state index contributed by atoms with van der Waals surface area (Å²) in [7, 11) is 0. The minimum atomic E-state index is -0.121. The van der Waals surface area contributed by atoms with Gasteiger partial charge in [0.1, 0.15) is 0 Å². The van der Waals surface area contributed by atoms with Gasteiger partial charge in [-0.15, -0.1) is 0 Å². The number of rotatable bonds is 0. The fourth-order valence-electron chi connectivity index (χ4n) is 0.491. The van der Waals surface area contributed by atoms with Crippen LogP contribution in [0.1, 0.15) is 12.8 Å². The van der Waals surface area contributed by atoms with Crippen LogP contribution in [0.15, 0.2) is 0 Å². The van der Waals surface area contributed by atoms with Gasteiger partial charge in [-0.3, -0.25) is 9.59 Å². The van der Waals surface area contributed by atoms with Crippen molar-refractivity contribution in [3.05, 3.63) is 0 Å². The van der Waals surface area contributed by atoms with Gasteiger partial charge < -0.3 is 0 Å². The molecule has 0 aromatic heterocycles. The Morgan fingerprint density at radius 2 is 1.38 bits per heavy atom. The average molecular weight is 108 g/mol. The minimum Gasteiger partial charge on any atom is -0.285 e. The summed E-state index contributed by atoms with van der Waals surface area (Å²) < 4.78 is 0. The van der Waals surface area contributed by atoms with E-state index in [1.165, 1.54) is 0 Å². The van der Waals surface area contributed by atoms with Crippen molar-refractivity contribution in [3.8, 4) is 11.8 Å². The Labute approximate surface area is 46.9 Å². The molecule has 0 aromatic carbocycles. The highest BCUT2D eigenvalue weighted by atomic mass is 16.1. The second-order valence-electron chi connectivity index (χ2n) is 1.60. The molecule has 0 N–H and O–H groups in total. The van der Waals surface area contributed by atoms with Crippen molar-refractivity contribution in [3.63, 3.8) is 0 Å². The second-order valence-corrected chi connectivity index (χ2v) is 1.60. The van der Waals surface area contributed by atoms with Crippen molar-refractivity contribution in [2.24, 2.45) is 0 Å². The zero-order chi connectivity index (χ0) is 5.98. The lowest BCUT2D eigenvalue weighted by Crippen LogP contribution is -2.05. The minimum absolute atomic E-state index is 0.121. The summed E-state index contributed by atoms with van der Waals surface area (Å²) in [5.74, 6) is 4.15. The lowest BCUT2D eigenvalue weighted by atomic mass is 10.1. The van der Waals surface area contributed by atoms with E-state index in [4.69, 9.17) is 0 Å². The molecule has 2 heteroatoms. The number of Topliss-reactive ketones (excluding diaryl/α,β-unsaturated/α-hetero) is 2. The Bertz CT molecular complexity index is 172. The summed E-state index contributed by atoms with van der Waals surface area (Å²) in [4.78, 5) is 20.6. The van der Waals surface area contributed by atoms with E-state index in [1.54, 1.807) is 0 Å². The lowest BCUT2D eigenvalue weighted by Gasteiger charge is -1.92. The third-order valence-electron chi connectivity index (χ3n) is 0.920. The predicted octanol–water partition coefficient (Wildman–Crippen LogP) is -0.0782. The van der Waals surface area contributed by atoms with E-state index in [1.807, 2.05) is 0 Å². The summed E-state index contributed by atoms with van der Waals surface area (Å²) >= 11 is 0. The number of hydrogen-bond donors (Lipinski definition) is 0. The van der Waals surface area contributed by atoms with Crippen LogP contribution >= 0.6 is 0 Å². The fraction of sp³-hybridized carbons (Fsp3) is 0.333. The van der Waals surface area contributed by atoms with Gasteiger partial charge in [0.2, 0.25) is 11.6 Å². The average Bonchev–Trinajstić information content (AvgIpc) is 1.77. The van der Waals surface area contributed by atoms with Gasteiger partial charge >= 0.3 is 0 Å². The summed E-state index contributed by atoms with van der Waals surface area (Å²) in [5.41, 5.74) is 0. The van der Waals surface area contributed by atoms with Gasteiger partial charge in [0.25, 0.3) is 0 Å². The van der Waals surface area contributed by atoms with Crippen LogP contribution in [0.5, 0.6) is 0 Å². The topological polar surface area (TPSA) is 34.1 Å². The van der Waals surface area contributed by atoms with E-state index in [0.29, 0.717) is 12.8 Å². The number of hydrogen-bond acceptors (Lipinski definition) is 2. The number of ketones is 2. The van der Waals surface area contributed by atoms with E-state index in [2.05, 4.69) is 11.8 Å². The third kappa shape index (κ3) is 0.941. The van der Waals surface area contributed by atoms with Crippen molar-refractivity contribution in [1.82, 2.24) is 0 Å². The summed E-state index contributed by atoms with van der Waals surface area (Å²) in [6, 6.07) is 0. The van der Waals surface area contributed by atoms with Gasteiger partial charge in [-0.1, -0.05) is 0 Å². The van der Waals surface area contributed by atoms with Crippen LogP contribution in [-0.4, -0.2) is 11.6 Å². The molecule has 2 nitrogen and oxygen atoms in total. The molecular formula is C6H4O2. The van der Waals surface area contributed by atoms with Crippen molar-refractivity contribution in [2.45, 2.75) is 12.8 Å². The molecule has 0 aromatic rings. The monoisotopic (exact) mass is 108 g/mol. The highest BCUT2D eigenvalue weighted by molar-refractivity contribution is 6.09. The van der Waals surface area contributed by atoms with Crippen LogP contribution in [0.3, 0.4) is 0 Å². The quantitative estimate of drug-likeness (QED) is 0.321. The molecule has 1 aliphatic carbocycles. The van der Waals surface area contributed by atoms with Gasteiger partial charge in [-0.05, 0) is 11.8 Å². The van der Waals surface area contributed by atoms with Crippen LogP contribution < -0.4 is 0 Å². The molecule has 8 heavy (non-hydrogen) atoms. The van der Waals surface area contributed by atoms with E-state index in [-0.39, 0.29) is 11.6 Å². The Kier molecular flexibility index (Phi) is 1.13. The fourth-order valence-corrected chi connectivity index (χ4v) is 0.491. The maximum Gasteiger partial charge on any atom is 0.206 e. The molecule has 1 aliphatic rings. The van der Waals surface area contributed by atoms with E-state index >= 15 is 0 Å². The highest BCUT2D eigenvalue weighted by Gasteiger charge is 2.06. The first-order chi connectivity index (χ1) is 3.79. The second kappa shape index (κ2) is 1.79. The molecule has 0 heterocycles. The van der Waals surface area contributed by atoms with E-state index < -0.39 is 0 Å². The molecular weight excluding hydrogens is 104 g/mol. The molecule has 0 bridgehead atoms. The maximum absolute atomic E-state index is 10.3. The maximum atomic E-state index is 10.3. The lowest BCUT2D eigenvalue weighted by molar-refractivity contribution is -0.119. The van der Waals surface area contributed by atoms with Gasteiger partial charge in [0.15, 0.2) is 0 Å². The first kappa shape index (κ1) is 5.04. The highest BCUT2D eigenvalue weighted by Crippen LogP contribution is 1.95. The van der Waals surface area contributed by atoms with Crippen molar-refractivity contribution < 1.29 is 9.59 Å². The van der Waals surface area contributed by atoms with Crippen LogP contribution in [0.2, 0.25) is 0 Å². The molecule has 0 radical (unpaired) electrons. The Morgan fingerprint density at radius 1 is 1.00 bits per heavy atom. The molecule has 0 amide bonds. The standard InChI is InChI=1S/C6H4O2/c7-5-1-2-6(8)4-3-5/h1-2H2. The van der Waals surface area contributed by atoms with Crippen molar-refractivity contribution in [2.75, 3.05) is 0 Å². The van der Waals surface area contributed by atoms with Crippen LogP contribution in [0.4, 0.5) is 0 Å². The SMILES string of the molecule is O=C1C#CC(=O)CC1. The van der Waals surface area contributed by atoms with Crippen molar-refractivity contribution in [1.29, 1.82) is 0 Å². The zero-order valence-corrected chi connectivity index (χ0v) is 4.23. The normalized spacial score (nSPS) is 17.5. The number of carbonyl (C=O) groups is 2. The summed E-state index contributed by atoms with van der Waals surface area (Å²) in [6.45, 7) is 0. The molecule has 1 rings (SSSR count). The van der Waals surface area contributed by atoms with Gasteiger partial charge in [-0.25, -0.2) is 0 Å². The predicted molar refractivity (Wildman–Crippen MR) is 27.0 cm³/mol. The molecule has 0 fully saturated rings. The summed E-state index contributed by atoms with van der Waals surface area (Å²) in [5, 5.41) is 0. The smallest absolute Gasteiger partial charge is 0.206 e. The Balaban J connectivity index is 2.79. The summed E-state index contributed by atoms with van der Waals surface area (Å²) in [6.07, 6.45) is 0.623. The Morgan fingerprint density at radius 3 is 1.62 bits per heavy atom. The van der Waals surface area contributed by atoms with Crippen LogP contribution in [0, 0.1) is 11.8 Å². The largest absolute Gasteiger partial charge is 0.285 e. The molecule has 0 spiro atoms. The van der Waals surface area contributed by atoms with Crippen molar-refractivity contribution >= 4 is 11.6 Å². The van der Waals surface area contributed by atoms with E-state index in [0.717, 1.165) is 0 Å². The van der Waals surface area contributed by atoms with Gasteiger partial charge in [0.05, 0.1) is 0 Å². The zero-order valence-electron chi connectivity index (χ0n) is 4.23. The first-order valence-electron chi connectivity index (χ1n) is 2.37. The first-order valence-corrected chi connectivity index (χ1v) is 2.37. The molecule has 40 valence electrons. The Hall–Kier alpha value is -1.10. The van der Waals surface area contributed by atoms with Gasteiger partial charge in [0, 0.05) is 12.8 Å². The van der Waals surface area contributed by atoms with Crippen LogP contribution in [-0.2, 0) is 9.59 Å². The third-order valence-corrected chi connectivity index (χ3v) is 0.920. The molecule has 0 saturated heterocycles. The number of carbonyl (C=O) groups excluding carboxylic acids is 2. The van der Waals surface area contributed by atoms with E-state index in [9.17, 15) is 9.59 Å². The molecule has 0 saturated carbocycles. The molecule has 0 atom stereocenters.